The van der Waals surface area contributed by atoms with E-state index in [0.29, 0.717) is 47.8 Å². The van der Waals surface area contributed by atoms with Crippen molar-refractivity contribution in [1.82, 2.24) is 10.2 Å². The van der Waals surface area contributed by atoms with E-state index < -0.39 is 0 Å². The molecule has 1 saturated heterocycles. The van der Waals surface area contributed by atoms with Crippen LogP contribution >= 0.6 is 0 Å². The molecule has 40 heavy (non-hydrogen) atoms. The van der Waals surface area contributed by atoms with Crippen LogP contribution in [-0.4, -0.2) is 68.4 Å². The molecule has 212 valence electrons. The van der Waals surface area contributed by atoms with Gasteiger partial charge in [-0.25, -0.2) is 4.99 Å². The number of amides is 1. The molecule has 1 aliphatic heterocycles. The molecule has 1 unspecified atom stereocenters. The third-order valence-electron chi connectivity index (χ3n) is 6.94. The van der Waals surface area contributed by atoms with Gasteiger partial charge in [0.05, 0.1) is 18.4 Å². The number of methoxy groups -OCH3 is 1. The normalized spacial score (nSPS) is 15.6. The van der Waals surface area contributed by atoms with Crippen molar-refractivity contribution in [2.24, 2.45) is 4.99 Å². The van der Waals surface area contributed by atoms with Gasteiger partial charge in [-0.3, -0.25) is 9.69 Å². The van der Waals surface area contributed by atoms with Gasteiger partial charge in [0.15, 0.2) is 0 Å². The van der Waals surface area contributed by atoms with Crippen LogP contribution in [0.2, 0.25) is 0 Å². The van der Waals surface area contributed by atoms with E-state index in [9.17, 15) is 4.79 Å². The second kappa shape index (κ2) is 13.7. The number of hydrogen-bond donors (Lipinski definition) is 5. The maximum atomic E-state index is 13.2. The van der Waals surface area contributed by atoms with E-state index in [1.165, 1.54) is 18.2 Å². The first kappa shape index (κ1) is 30.3. The number of benzene rings is 2. The SMILES string of the molecule is C=C(C=N)c1cc(C(=O)NCC(CC)N2CC(=N)/C(=C\N=C(/C)Nc3cc(C)cc(C)c3)C2)c(OC)cc1NC. The molecule has 0 saturated carbocycles. The Labute approximate surface area is 237 Å². The summed E-state index contributed by atoms with van der Waals surface area (Å²) in [6.45, 7) is 13.6. The molecule has 0 aromatic heterocycles. The standard InChI is InChI=1S/C31H41N7O2/c1-8-25(16-36-31(39)27-12-26(21(4)14-32)29(34-6)13-30(27)40-7)38-17-23(28(33)18-38)15-35-22(5)37-24-10-19(2)9-20(3)11-24/h9-15,25,32-34H,4,8,16-18H2,1-3,5-7H3,(H,35,37)(H,36,39)/b23-15-,32-14?,33-28?. The zero-order valence-electron chi connectivity index (χ0n) is 24.4. The molecule has 9 nitrogen and oxygen atoms in total. The number of nitrogens with zero attached hydrogens (tertiary/aromatic N) is 2. The van der Waals surface area contributed by atoms with Gasteiger partial charge in [0, 0.05) is 73.7 Å². The molecule has 0 aliphatic carbocycles. The summed E-state index contributed by atoms with van der Waals surface area (Å²) in [4.78, 5) is 20.0. The second-order valence-corrected chi connectivity index (χ2v) is 10.0. The Hall–Kier alpha value is -4.24. The molecule has 1 amide bonds. The van der Waals surface area contributed by atoms with Crippen LogP contribution in [0.4, 0.5) is 11.4 Å². The number of anilines is 2. The number of nitrogens with one attached hydrogen (secondary N) is 5. The molecule has 1 atom stereocenters. The van der Waals surface area contributed by atoms with E-state index in [4.69, 9.17) is 15.6 Å². The van der Waals surface area contributed by atoms with Gasteiger partial charge in [0.25, 0.3) is 5.91 Å². The zero-order chi connectivity index (χ0) is 29.4. The zero-order valence-corrected chi connectivity index (χ0v) is 24.4. The molecular formula is C31H41N7O2. The maximum Gasteiger partial charge on any atom is 0.255 e. The van der Waals surface area contributed by atoms with Crippen molar-refractivity contribution in [3.05, 3.63) is 70.9 Å². The highest BCUT2D eigenvalue weighted by atomic mass is 16.5. The quantitative estimate of drug-likeness (QED) is 0.195. The fourth-order valence-electron chi connectivity index (χ4n) is 4.83. The largest absolute Gasteiger partial charge is 0.496 e. The van der Waals surface area contributed by atoms with Crippen molar-refractivity contribution in [3.63, 3.8) is 0 Å². The van der Waals surface area contributed by atoms with Crippen LogP contribution in [-0.2, 0) is 0 Å². The van der Waals surface area contributed by atoms with Crippen molar-refractivity contribution < 1.29 is 9.53 Å². The summed E-state index contributed by atoms with van der Waals surface area (Å²) in [5, 5.41) is 25.5. The minimum Gasteiger partial charge on any atom is -0.496 e. The summed E-state index contributed by atoms with van der Waals surface area (Å²) >= 11 is 0. The van der Waals surface area contributed by atoms with E-state index >= 15 is 0 Å². The van der Waals surface area contributed by atoms with Crippen LogP contribution in [0.1, 0.15) is 47.3 Å². The molecule has 0 bridgehead atoms. The van der Waals surface area contributed by atoms with Crippen molar-refractivity contribution >= 4 is 40.6 Å². The number of likely N-dealkylation sites (tertiary alicyclic amines) is 1. The molecule has 2 aromatic rings. The van der Waals surface area contributed by atoms with Crippen molar-refractivity contribution in [1.29, 1.82) is 10.8 Å². The molecule has 0 spiro atoms. The first-order valence-electron chi connectivity index (χ1n) is 13.4. The Balaban J connectivity index is 1.68. The molecule has 2 aromatic carbocycles. The lowest BCUT2D eigenvalue weighted by Gasteiger charge is -2.26. The third-order valence-corrected chi connectivity index (χ3v) is 6.94. The van der Waals surface area contributed by atoms with Gasteiger partial charge >= 0.3 is 0 Å². The van der Waals surface area contributed by atoms with Crippen molar-refractivity contribution in [3.8, 4) is 5.75 Å². The molecule has 3 rings (SSSR count). The first-order chi connectivity index (χ1) is 19.1. The number of aryl methyl sites for hydroxylation is 2. The summed E-state index contributed by atoms with van der Waals surface area (Å²) < 4.78 is 5.48. The van der Waals surface area contributed by atoms with Crippen LogP contribution < -0.4 is 20.7 Å². The lowest BCUT2D eigenvalue weighted by atomic mass is 10.0. The fraction of sp³-hybridized carbons (Fsp3) is 0.355. The molecule has 9 heteroatoms. The van der Waals surface area contributed by atoms with Gasteiger partial charge in [-0.1, -0.05) is 19.6 Å². The Morgan fingerprint density at radius 1 is 1.18 bits per heavy atom. The second-order valence-electron chi connectivity index (χ2n) is 10.0. The average molecular weight is 544 g/mol. The van der Waals surface area contributed by atoms with Crippen LogP contribution in [0.25, 0.3) is 5.57 Å². The molecule has 5 N–H and O–H groups in total. The lowest BCUT2D eigenvalue weighted by molar-refractivity contribution is 0.0935. The van der Waals surface area contributed by atoms with Crippen molar-refractivity contribution in [2.75, 3.05) is 44.4 Å². The third kappa shape index (κ3) is 7.45. The number of aliphatic imine (C=N–C) groups is 1. The number of ether oxygens (including phenoxy) is 1. The van der Waals surface area contributed by atoms with Crippen molar-refractivity contribution in [2.45, 2.75) is 40.2 Å². The smallest absolute Gasteiger partial charge is 0.255 e. The Kier molecular flexibility index (Phi) is 10.4. The topological polar surface area (TPSA) is 126 Å². The van der Waals surface area contributed by atoms with Crippen LogP contribution in [0.15, 0.2) is 53.7 Å². The van der Waals surface area contributed by atoms with E-state index in [1.54, 1.807) is 25.4 Å². The van der Waals surface area contributed by atoms with Gasteiger partial charge in [0.2, 0.25) is 0 Å². The molecule has 1 aliphatic rings. The van der Waals surface area contributed by atoms with Gasteiger partial charge in [-0.2, -0.15) is 0 Å². The van der Waals surface area contributed by atoms with E-state index in [1.807, 2.05) is 6.92 Å². The van der Waals surface area contributed by atoms with Gasteiger partial charge in [-0.05, 0) is 62.1 Å². The predicted octanol–water partition coefficient (Wildman–Crippen LogP) is 5.27. The minimum absolute atomic E-state index is 0.0484. The maximum absolute atomic E-state index is 13.2. The number of carbonyl (C=O) groups excluding carboxylic acids is 1. The fourth-order valence-corrected chi connectivity index (χ4v) is 4.83. The summed E-state index contributed by atoms with van der Waals surface area (Å²) in [5.41, 5.74) is 7.03. The molecular weight excluding hydrogens is 502 g/mol. The van der Waals surface area contributed by atoms with Crippen LogP contribution in [0, 0.1) is 24.7 Å². The van der Waals surface area contributed by atoms with Gasteiger partial charge in [0.1, 0.15) is 11.6 Å². The number of amidine groups is 1. The number of allylic oxidation sites excluding steroid dienone is 1. The minimum atomic E-state index is -0.264. The summed E-state index contributed by atoms with van der Waals surface area (Å²) in [7, 11) is 3.29. The van der Waals surface area contributed by atoms with Gasteiger partial charge < -0.3 is 31.5 Å². The highest BCUT2D eigenvalue weighted by Gasteiger charge is 2.28. The predicted molar refractivity (Wildman–Crippen MR) is 167 cm³/mol. The Morgan fingerprint density at radius 3 is 2.48 bits per heavy atom. The molecule has 0 radical (unpaired) electrons. The van der Waals surface area contributed by atoms with E-state index in [2.05, 4.69) is 71.4 Å². The monoisotopic (exact) mass is 543 g/mol. The lowest BCUT2D eigenvalue weighted by Crippen LogP contribution is -2.42. The average Bonchev–Trinajstić information content (AvgIpc) is 3.30. The number of hydrogen-bond acceptors (Lipinski definition) is 7. The highest BCUT2D eigenvalue weighted by Crippen LogP contribution is 2.31. The van der Waals surface area contributed by atoms with Gasteiger partial charge in [-0.15, -0.1) is 0 Å². The van der Waals surface area contributed by atoms with Crippen LogP contribution in [0.3, 0.4) is 0 Å². The summed E-state index contributed by atoms with van der Waals surface area (Å²) in [6.07, 6.45) is 3.74. The Bertz CT molecular complexity index is 1340. The molecule has 1 heterocycles. The molecule has 1 fully saturated rings. The number of carbonyl (C=O) groups is 1. The Morgan fingerprint density at radius 2 is 1.88 bits per heavy atom. The van der Waals surface area contributed by atoms with E-state index in [-0.39, 0.29) is 11.9 Å². The highest BCUT2D eigenvalue weighted by molar-refractivity contribution is 6.11. The van der Waals surface area contributed by atoms with Crippen LogP contribution in [0.5, 0.6) is 5.75 Å². The first-order valence-corrected chi connectivity index (χ1v) is 13.4. The number of rotatable bonds is 11. The van der Waals surface area contributed by atoms with E-state index in [0.717, 1.165) is 35.4 Å². The summed E-state index contributed by atoms with van der Waals surface area (Å²) in [5.74, 6) is 0.929. The summed E-state index contributed by atoms with van der Waals surface area (Å²) in [6, 6.07) is 9.78.